The lowest BCUT2D eigenvalue weighted by atomic mass is 10.1. The van der Waals surface area contributed by atoms with E-state index in [-0.39, 0.29) is 12.6 Å². The van der Waals surface area contributed by atoms with Crippen LogP contribution in [0.5, 0.6) is 0 Å². The smallest absolute Gasteiger partial charge is 0.324 e. The van der Waals surface area contributed by atoms with Crippen molar-refractivity contribution in [1.29, 1.82) is 0 Å². The zero-order chi connectivity index (χ0) is 28.7. The average molecular weight is 581 g/mol. The summed E-state index contributed by atoms with van der Waals surface area (Å²) >= 11 is 5.08. The second-order valence-corrected chi connectivity index (χ2v) is 9.27. The summed E-state index contributed by atoms with van der Waals surface area (Å²) in [5, 5.41) is 74.4. The van der Waals surface area contributed by atoms with E-state index in [1.807, 2.05) is 0 Å². The number of ether oxygens (including phenoxy) is 3. The van der Waals surface area contributed by atoms with Crippen molar-refractivity contribution in [3.8, 4) is 0 Å². The molecule has 2 saturated heterocycles. The number of thioether (sulfide) groups is 1. The van der Waals surface area contributed by atoms with Crippen LogP contribution in [0.15, 0.2) is 0 Å². The number of hydrogen-bond acceptors (Lipinski definition) is 17. The highest BCUT2D eigenvalue weighted by Gasteiger charge is 2.41. The molecule has 10 atom stereocenters. The number of aliphatic hydroxyl groups excluding tert-OH is 8. The minimum atomic E-state index is -1.47. The number of carbonyl (C=O) groups is 2. The lowest BCUT2D eigenvalue weighted by Gasteiger charge is -2.26. The van der Waals surface area contributed by atoms with Crippen LogP contribution in [0.2, 0.25) is 0 Å². The van der Waals surface area contributed by atoms with Gasteiger partial charge < -0.3 is 60.8 Å². The molecule has 2 heterocycles. The number of aliphatic hydroxyl groups is 8. The van der Waals surface area contributed by atoms with Gasteiger partial charge in [0, 0.05) is 11.5 Å². The van der Waals surface area contributed by atoms with Crippen LogP contribution in [0.3, 0.4) is 0 Å². The Hall–Kier alpha value is -0.800. The topological polar surface area (TPSA) is 262 Å². The molecule has 15 nitrogen and oxygen atoms in total. The van der Waals surface area contributed by atoms with Crippen molar-refractivity contribution in [1.82, 2.24) is 5.32 Å². The summed E-state index contributed by atoms with van der Waals surface area (Å²) in [7, 11) is 0. The van der Waals surface area contributed by atoms with Crippen LogP contribution < -0.4 is 11.1 Å². The van der Waals surface area contributed by atoms with E-state index in [2.05, 4.69) is 27.4 Å². The monoisotopic (exact) mass is 580 g/mol. The highest BCUT2D eigenvalue weighted by Crippen LogP contribution is 2.24. The van der Waals surface area contributed by atoms with Crippen LogP contribution in [-0.4, -0.2) is 151 Å². The minimum Gasteiger partial charge on any atom is -0.465 e. The molecule has 10 unspecified atom stereocenters. The molecule has 0 aromatic rings. The van der Waals surface area contributed by atoms with E-state index < -0.39 is 79.6 Å². The van der Waals surface area contributed by atoms with Gasteiger partial charge in [-0.1, -0.05) is 0 Å². The fourth-order valence-corrected chi connectivity index (χ4v) is 4.19. The second-order valence-electron chi connectivity index (χ2n) is 7.73. The zero-order valence-electron chi connectivity index (χ0n) is 20.6. The molecule has 0 aliphatic carbocycles. The van der Waals surface area contributed by atoms with Gasteiger partial charge in [-0.05, 0) is 13.8 Å². The van der Waals surface area contributed by atoms with E-state index in [9.17, 15) is 24.9 Å². The van der Waals surface area contributed by atoms with Crippen LogP contribution in [0.25, 0.3) is 0 Å². The summed E-state index contributed by atoms with van der Waals surface area (Å²) in [4.78, 5) is 22.0. The predicted octanol–water partition coefficient (Wildman–Crippen LogP) is -5.12. The van der Waals surface area contributed by atoms with Gasteiger partial charge in [0.15, 0.2) is 6.29 Å². The van der Waals surface area contributed by atoms with Crippen LogP contribution in [0.1, 0.15) is 13.8 Å². The molecule has 2 fully saturated rings. The fraction of sp³-hybridized carbons (Fsp3) is 0.900. The Kier molecular flexibility index (Phi) is 18.9. The Morgan fingerprint density at radius 1 is 1.11 bits per heavy atom. The predicted molar refractivity (Wildman–Crippen MR) is 133 cm³/mol. The first-order chi connectivity index (χ1) is 17.4. The number of rotatable bonds is 10. The molecule has 0 aromatic heterocycles. The first kappa shape index (κ1) is 36.2. The molecule has 37 heavy (non-hydrogen) atoms. The third kappa shape index (κ3) is 12.3. The molecule has 2 aliphatic heterocycles. The summed E-state index contributed by atoms with van der Waals surface area (Å²) in [6.45, 7) is 3.05. The third-order valence-electron chi connectivity index (χ3n) is 4.92. The van der Waals surface area contributed by atoms with Gasteiger partial charge >= 0.3 is 11.9 Å². The van der Waals surface area contributed by atoms with Gasteiger partial charge in [0.2, 0.25) is 0 Å². The minimum absolute atomic E-state index is 0.279. The number of nitrogens with one attached hydrogen (secondary N) is 1. The molecule has 0 amide bonds. The molecular formula is C20H40N2O13S2. The van der Waals surface area contributed by atoms with Crippen LogP contribution in [0.4, 0.5) is 0 Å². The Balaban J connectivity index is 0.000000577. The van der Waals surface area contributed by atoms with Crippen LogP contribution >= 0.6 is 24.4 Å². The number of esters is 2. The van der Waals surface area contributed by atoms with Crippen LogP contribution in [-0.2, 0) is 23.8 Å². The molecule has 0 spiro atoms. The van der Waals surface area contributed by atoms with E-state index >= 15 is 0 Å². The average Bonchev–Trinajstić information content (AvgIpc) is 3.49. The first-order valence-corrected chi connectivity index (χ1v) is 13.1. The van der Waals surface area contributed by atoms with Gasteiger partial charge in [-0.25, -0.2) is 0 Å². The van der Waals surface area contributed by atoms with Crippen molar-refractivity contribution in [2.75, 3.05) is 37.9 Å². The third-order valence-corrected chi connectivity index (χ3v) is 6.62. The highest BCUT2D eigenvalue weighted by molar-refractivity contribution is 8.00. The maximum Gasteiger partial charge on any atom is 0.324 e. The zero-order valence-corrected chi connectivity index (χ0v) is 22.3. The van der Waals surface area contributed by atoms with Crippen molar-refractivity contribution < 1.29 is 64.7 Å². The summed E-state index contributed by atoms with van der Waals surface area (Å²) in [5.41, 5.74) is 5.25. The number of nitrogens with two attached hydrogens (primary N) is 1. The summed E-state index contributed by atoms with van der Waals surface area (Å²) < 4.78 is 14.0. The van der Waals surface area contributed by atoms with Crippen molar-refractivity contribution in [2.24, 2.45) is 5.73 Å². The lowest BCUT2D eigenvalue weighted by molar-refractivity contribution is -0.145. The second kappa shape index (κ2) is 19.3. The standard InChI is InChI=1S/C10H19NO6S.C5H11NO2S.C5H10O5/c1-2-17-10(16)5-4-18-9(11-5)8(15)7(14)6(13)3-12;1-2-8-5(7)4(6)3-9;6-1-2-3(7)4(8)5(9)10-2/h5-9,11-15H,2-4H2,1H3;4,9H,2-3,6H2,1H3;2-9H,1H2. The van der Waals surface area contributed by atoms with Crippen molar-refractivity contribution >= 4 is 36.3 Å². The fourth-order valence-electron chi connectivity index (χ4n) is 2.79. The van der Waals surface area contributed by atoms with E-state index in [0.717, 1.165) is 0 Å². The Bertz CT molecular complexity index is 653. The molecular weight excluding hydrogens is 540 g/mol. The Labute approximate surface area is 224 Å². The molecule has 220 valence electrons. The molecule has 17 heteroatoms. The molecule has 0 saturated carbocycles. The molecule has 11 N–H and O–H groups in total. The molecule has 0 aromatic carbocycles. The van der Waals surface area contributed by atoms with Crippen molar-refractivity contribution in [3.05, 3.63) is 0 Å². The Morgan fingerprint density at radius 3 is 2.11 bits per heavy atom. The maximum absolute atomic E-state index is 11.4. The highest BCUT2D eigenvalue weighted by atomic mass is 32.2. The van der Waals surface area contributed by atoms with Gasteiger partial charge in [-0.2, -0.15) is 12.6 Å². The summed E-state index contributed by atoms with van der Waals surface area (Å²) in [6, 6.07) is -1.11. The normalized spacial score (nSPS) is 30.1. The quantitative estimate of drug-likeness (QED) is 0.0852. The maximum atomic E-state index is 11.4. The largest absolute Gasteiger partial charge is 0.465 e. The lowest BCUT2D eigenvalue weighted by Crippen LogP contribution is -2.50. The molecule has 2 aliphatic rings. The molecule has 0 radical (unpaired) electrons. The van der Waals surface area contributed by atoms with E-state index in [0.29, 0.717) is 18.1 Å². The van der Waals surface area contributed by atoms with Crippen molar-refractivity contribution in [2.45, 2.75) is 74.2 Å². The van der Waals surface area contributed by atoms with Gasteiger partial charge in [0.05, 0.1) is 31.8 Å². The van der Waals surface area contributed by atoms with E-state index in [1.165, 1.54) is 11.8 Å². The van der Waals surface area contributed by atoms with Crippen LogP contribution in [0, 0.1) is 0 Å². The molecule has 0 bridgehead atoms. The van der Waals surface area contributed by atoms with Gasteiger partial charge in [-0.3, -0.25) is 14.9 Å². The summed E-state index contributed by atoms with van der Waals surface area (Å²) in [6.07, 6.45) is -8.92. The van der Waals surface area contributed by atoms with E-state index in [4.69, 9.17) is 36.0 Å². The number of thiol groups is 1. The molecule has 2 rings (SSSR count). The van der Waals surface area contributed by atoms with E-state index in [1.54, 1.807) is 13.8 Å². The van der Waals surface area contributed by atoms with Gasteiger partial charge in [-0.15, -0.1) is 11.8 Å². The van der Waals surface area contributed by atoms with Gasteiger partial charge in [0.1, 0.15) is 48.7 Å². The number of hydrogen-bond donors (Lipinski definition) is 11. The Morgan fingerprint density at radius 2 is 1.70 bits per heavy atom. The SMILES string of the molecule is CCOC(=O)C(N)CS.CCOC(=O)C1CSC(C(O)C(O)C(O)CO)N1.OCC1OC(O)C(O)C1O. The van der Waals surface area contributed by atoms with Crippen molar-refractivity contribution in [3.63, 3.8) is 0 Å². The number of carbonyl (C=O) groups excluding carboxylic acids is 2. The first-order valence-electron chi connectivity index (χ1n) is 11.4. The van der Waals surface area contributed by atoms with Gasteiger partial charge in [0.25, 0.3) is 0 Å². The summed E-state index contributed by atoms with van der Waals surface area (Å²) in [5.74, 6) is -0.0363.